The van der Waals surface area contributed by atoms with Gasteiger partial charge in [-0.2, -0.15) is 0 Å². The summed E-state index contributed by atoms with van der Waals surface area (Å²) >= 11 is 3.22. The average Bonchev–Trinajstić information content (AvgIpc) is 2.39. The van der Waals surface area contributed by atoms with Crippen molar-refractivity contribution in [3.05, 3.63) is 34.1 Å². The summed E-state index contributed by atoms with van der Waals surface area (Å²) in [5.74, 6) is -0.835. The van der Waals surface area contributed by atoms with Crippen LogP contribution in [0.2, 0.25) is 0 Å². The molecule has 0 saturated carbocycles. The number of rotatable bonds is 7. The van der Waals surface area contributed by atoms with Gasteiger partial charge in [0, 0.05) is 16.5 Å². The molecule has 1 aromatic carbocycles. The fraction of sp³-hybridized carbons (Fsp3) is 0.500. The lowest BCUT2D eigenvalue weighted by atomic mass is 10.0. The van der Waals surface area contributed by atoms with Crippen LogP contribution in [-0.4, -0.2) is 17.7 Å². The molecule has 0 saturated heterocycles. The van der Waals surface area contributed by atoms with E-state index in [-0.39, 0.29) is 24.4 Å². The van der Waals surface area contributed by atoms with Gasteiger partial charge in [0.25, 0.3) is 0 Å². The molecule has 1 aromatic rings. The quantitative estimate of drug-likeness (QED) is 0.611. The average molecular weight is 333 g/mol. The molecule has 0 fully saturated rings. The molecular weight excluding hydrogens is 315 g/mol. The first-order chi connectivity index (χ1) is 9.04. The second-order valence-corrected chi connectivity index (χ2v) is 5.21. The Morgan fingerprint density at radius 3 is 2.95 bits per heavy atom. The molecule has 1 unspecified atom stereocenters. The highest BCUT2D eigenvalue weighted by atomic mass is 79.9. The first kappa shape index (κ1) is 16.1. The SMILES string of the molecule is CCCCOC(=O)CCC(O)c1cc(Br)ccc1F. The van der Waals surface area contributed by atoms with Crippen molar-refractivity contribution >= 4 is 21.9 Å². The van der Waals surface area contributed by atoms with Crippen LogP contribution in [0.5, 0.6) is 0 Å². The molecule has 1 rings (SSSR count). The lowest BCUT2D eigenvalue weighted by Gasteiger charge is -2.12. The number of hydrogen-bond acceptors (Lipinski definition) is 3. The number of carbonyl (C=O) groups is 1. The molecule has 5 heteroatoms. The van der Waals surface area contributed by atoms with E-state index in [2.05, 4.69) is 15.9 Å². The Morgan fingerprint density at radius 2 is 2.26 bits per heavy atom. The molecule has 0 aromatic heterocycles. The molecule has 0 heterocycles. The molecule has 0 spiro atoms. The molecule has 0 radical (unpaired) electrons. The summed E-state index contributed by atoms with van der Waals surface area (Å²) in [7, 11) is 0. The van der Waals surface area contributed by atoms with Gasteiger partial charge in [-0.1, -0.05) is 29.3 Å². The summed E-state index contributed by atoms with van der Waals surface area (Å²) in [5.41, 5.74) is 0.190. The second-order valence-electron chi connectivity index (χ2n) is 4.29. The smallest absolute Gasteiger partial charge is 0.305 e. The Morgan fingerprint density at radius 1 is 1.53 bits per heavy atom. The minimum Gasteiger partial charge on any atom is -0.466 e. The number of benzene rings is 1. The summed E-state index contributed by atoms with van der Waals surface area (Å²) < 4.78 is 19.2. The van der Waals surface area contributed by atoms with Crippen molar-refractivity contribution in [2.75, 3.05) is 6.61 Å². The van der Waals surface area contributed by atoms with Crippen LogP contribution in [0.3, 0.4) is 0 Å². The summed E-state index contributed by atoms with van der Waals surface area (Å²) in [6, 6.07) is 4.36. The number of aliphatic hydroxyl groups excluding tert-OH is 1. The summed E-state index contributed by atoms with van der Waals surface area (Å²) in [6.07, 6.45) is 1.01. The maximum absolute atomic E-state index is 13.5. The molecule has 0 bridgehead atoms. The van der Waals surface area contributed by atoms with E-state index in [1.807, 2.05) is 6.92 Å². The first-order valence-corrected chi connectivity index (χ1v) is 7.12. The standard InChI is InChI=1S/C14H18BrFO3/c1-2-3-8-19-14(18)7-6-13(17)11-9-10(15)4-5-12(11)16/h4-5,9,13,17H,2-3,6-8H2,1H3. The summed E-state index contributed by atoms with van der Waals surface area (Å²) in [4.78, 5) is 11.4. The van der Waals surface area contributed by atoms with Crippen molar-refractivity contribution in [3.63, 3.8) is 0 Å². The third-order valence-electron chi connectivity index (χ3n) is 2.70. The Labute approximate surface area is 120 Å². The van der Waals surface area contributed by atoms with Gasteiger partial charge in [-0.05, 0) is 31.0 Å². The van der Waals surface area contributed by atoms with Gasteiger partial charge in [0.15, 0.2) is 0 Å². The van der Waals surface area contributed by atoms with E-state index < -0.39 is 11.9 Å². The zero-order valence-electron chi connectivity index (χ0n) is 10.9. The predicted molar refractivity (Wildman–Crippen MR) is 74.2 cm³/mol. The fourth-order valence-corrected chi connectivity index (χ4v) is 1.96. The van der Waals surface area contributed by atoms with Crippen LogP contribution in [0.15, 0.2) is 22.7 Å². The maximum atomic E-state index is 13.5. The molecule has 0 aliphatic carbocycles. The first-order valence-electron chi connectivity index (χ1n) is 6.33. The van der Waals surface area contributed by atoms with Gasteiger partial charge in [-0.3, -0.25) is 4.79 Å². The molecule has 106 valence electrons. The van der Waals surface area contributed by atoms with Gasteiger partial charge in [-0.25, -0.2) is 4.39 Å². The van der Waals surface area contributed by atoms with Crippen molar-refractivity contribution in [2.24, 2.45) is 0 Å². The summed E-state index contributed by atoms with van der Waals surface area (Å²) in [5, 5.41) is 9.88. The van der Waals surface area contributed by atoms with Crippen LogP contribution in [0.25, 0.3) is 0 Å². The highest BCUT2D eigenvalue weighted by molar-refractivity contribution is 9.10. The van der Waals surface area contributed by atoms with Crippen molar-refractivity contribution in [1.82, 2.24) is 0 Å². The maximum Gasteiger partial charge on any atom is 0.305 e. The van der Waals surface area contributed by atoms with E-state index in [1.54, 1.807) is 6.07 Å². The van der Waals surface area contributed by atoms with Crippen LogP contribution in [0.4, 0.5) is 4.39 Å². The van der Waals surface area contributed by atoms with Crippen molar-refractivity contribution in [3.8, 4) is 0 Å². The van der Waals surface area contributed by atoms with E-state index in [1.165, 1.54) is 12.1 Å². The number of carbonyl (C=O) groups excluding carboxylic acids is 1. The van der Waals surface area contributed by atoms with Crippen LogP contribution in [0.1, 0.15) is 44.3 Å². The van der Waals surface area contributed by atoms with Crippen LogP contribution in [-0.2, 0) is 9.53 Å². The minimum absolute atomic E-state index is 0.0802. The molecular formula is C14H18BrFO3. The molecule has 19 heavy (non-hydrogen) atoms. The van der Waals surface area contributed by atoms with E-state index >= 15 is 0 Å². The third-order valence-corrected chi connectivity index (χ3v) is 3.19. The topological polar surface area (TPSA) is 46.5 Å². The zero-order chi connectivity index (χ0) is 14.3. The van der Waals surface area contributed by atoms with Gasteiger partial charge in [0.2, 0.25) is 0 Å². The molecule has 1 N–H and O–H groups in total. The monoisotopic (exact) mass is 332 g/mol. The number of halogens is 2. The Balaban J connectivity index is 2.44. The Bertz CT molecular complexity index is 423. The largest absolute Gasteiger partial charge is 0.466 e. The Kier molecular flexibility index (Phi) is 7.02. The molecule has 1 atom stereocenters. The second kappa shape index (κ2) is 8.27. The van der Waals surface area contributed by atoms with E-state index in [0.717, 1.165) is 12.8 Å². The highest BCUT2D eigenvalue weighted by Crippen LogP contribution is 2.24. The Hall–Kier alpha value is -0.940. The van der Waals surface area contributed by atoms with Crippen LogP contribution in [0, 0.1) is 5.82 Å². The predicted octanol–water partition coefficient (Wildman–Crippen LogP) is 3.75. The third kappa shape index (κ3) is 5.70. The van der Waals surface area contributed by atoms with Crippen LogP contribution >= 0.6 is 15.9 Å². The zero-order valence-corrected chi connectivity index (χ0v) is 12.5. The number of hydrogen-bond donors (Lipinski definition) is 1. The van der Waals surface area contributed by atoms with Gasteiger partial charge in [0.05, 0.1) is 12.7 Å². The van der Waals surface area contributed by atoms with Gasteiger partial charge in [-0.15, -0.1) is 0 Å². The number of aliphatic hydroxyl groups is 1. The van der Waals surface area contributed by atoms with Crippen molar-refractivity contribution < 1.29 is 19.0 Å². The molecule has 3 nitrogen and oxygen atoms in total. The van der Waals surface area contributed by atoms with E-state index in [0.29, 0.717) is 11.1 Å². The van der Waals surface area contributed by atoms with E-state index in [4.69, 9.17) is 4.74 Å². The normalized spacial score (nSPS) is 12.2. The van der Waals surface area contributed by atoms with Crippen molar-refractivity contribution in [2.45, 2.75) is 38.7 Å². The number of esters is 1. The van der Waals surface area contributed by atoms with Crippen molar-refractivity contribution in [1.29, 1.82) is 0 Å². The lowest BCUT2D eigenvalue weighted by Crippen LogP contribution is -2.09. The van der Waals surface area contributed by atoms with Gasteiger partial charge >= 0.3 is 5.97 Å². The fourth-order valence-electron chi connectivity index (χ4n) is 1.58. The molecule has 0 aliphatic heterocycles. The van der Waals surface area contributed by atoms with Gasteiger partial charge < -0.3 is 9.84 Å². The molecule has 0 aliphatic rings. The van der Waals surface area contributed by atoms with Crippen LogP contribution < -0.4 is 0 Å². The number of ether oxygens (including phenoxy) is 1. The van der Waals surface area contributed by atoms with E-state index in [9.17, 15) is 14.3 Å². The minimum atomic E-state index is -1.00. The summed E-state index contributed by atoms with van der Waals surface area (Å²) in [6.45, 7) is 2.41. The number of unbranched alkanes of at least 4 members (excludes halogenated alkanes) is 1. The van der Waals surface area contributed by atoms with Gasteiger partial charge in [0.1, 0.15) is 5.82 Å². The molecule has 0 amide bonds. The lowest BCUT2D eigenvalue weighted by molar-refractivity contribution is -0.144. The highest BCUT2D eigenvalue weighted by Gasteiger charge is 2.15.